The van der Waals surface area contributed by atoms with Gasteiger partial charge in [0.1, 0.15) is 0 Å². The number of carbonyl (C=O) groups is 2. The molecule has 2 rings (SSSR count). The van der Waals surface area contributed by atoms with Gasteiger partial charge in [-0.25, -0.2) is 0 Å². The minimum absolute atomic E-state index is 0.0841. The van der Waals surface area contributed by atoms with E-state index >= 15 is 0 Å². The molecular formula is C17H24N2O2. The van der Waals surface area contributed by atoms with Crippen LogP contribution in [0.3, 0.4) is 0 Å². The number of carbonyl (C=O) groups excluding carboxylic acids is 2. The second kappa shape index (κ2) is 7.36. The molecule has 114 valence electrons. The molecule has 1 aromatic carbocycles. The van der Waals surface area contributed by atoms with E-state index in [4.69, 9.17) is 5.73 Å². The van der Waals surface area contributed by atoms with Crippen molar-refractivity contribution in [2.75, 3.05) is 5.32 Å². The number of anilines is 1. The molecule has 4 nitrogen and oxygen atoms in total. The number of hydrogen-bond donors (Lipinski definition) is 2. The molecular weight excluding hydrogens is 264 g/mol. The summed E-state index contributed by atoms with van der Waals surface area (Å²) in [5, 5.41) is 2.76. The van der Waals surface area contributed by atoms with E-state index in [2.05, 4.69) is 5.32 Å². The van der Waals surface area contributed by atoms with Gasteiger partial charge in [0.25, 0.3) is 0 Å². The van der Waals surface area contributed by atoms with Crippen LogP contribution in [0.15, 0.2) is 24.3 Å². The summed E-state index contributed by atoms with van der Waals surface area (Å²) in [6.45, 7) is 1.63. The topological polar surface area (TPSA) is 72.2 Å². The average Bonchev–Trinajstić information content (AvgIpc) is 2.76. The van der Waals surface area contributed by atoms with Crippen molar-refractivity contribution in [3.05, 3.63) is 29.8 Å². The number of hydrogen-bond acceptors (Lipinski definition) is 3. The number of nitrogens with one attached hydrogen (secondary N) is 1. The van der Waals surface area contributed by atoms with Crippen molar-refractivity contribution in [1.82, 2.24) is 0 Å². The van der Waals surface area contributed by atoms with Crippen molar-refractivity contribution in [2.45, 2.75) is 51.5 Å². The monoisotopic (exact) mass is 288 g/mol. The van der Waals surface area contributed by atoms with Gasteiger partial charge < -0.3 is 11.1 Å². The van der Waals surface area contributed by atoms with Crippen molar-refractivity contribution in [3.8, 4) is 0 Å². The molecule has 3 N–H and O–H groups in total. The lowest BCUT2D eigenvalue weighted by atomic mass is 9.90. The van der Waals surface area contributed by atoms with Crippen LogP contribution in [-0.2, 0) is 4.79 Å². The third kappa shape index (κ3) is 4.14. The second-order valence-electron chi connectivity index (χ2n) is 5.88. The van der Waals surface area contributed by atoms with Gasteiger partial charge in [-0.2, -0.15) is 0 Å². The van der Waals surface area contributed by atoms with Gasteiger partial charge in [-0.05, 0) is 31.9 Å². The zero-order valence-electron chi connectivity index (χ0n) is 12.6. The smallest absolute Gasteiger partial charge is 0.241 e. The number of ketones is 1. The van der Waals surface area contributed by atoms with Crippen LogP contribution >= 0.6 is 0 Å². The summed E-state index contributed by atoms with van der Waals surface area (Å²) in [4.78, 5) is 24.5. The highest BCUT2D eigenvalue weighted by atomic mass is 16.2. The highest BCUT2D eigenvalue weighted by molar-refractivity contribution is 6.06. The largest absolute Gasteiger partial charge is 0.324 e. The second-order valence-corrected chi connectivity index (χ2v) is 5.88. The lowest BCUT2D eigenvalue weighted by Crippen LogP contribution is -2.33. The predicted molar refractivity (Wildman–Crippen MR) is 84.2 cm³/mol. The van der Waals surface area contributed by atoms with Crippen LogP contribution in [0.5, 0.6) is 0 Å². The third-order valence-corrected chi connectivity index (χ3v) is 4.09. The third-order valence-electron chi connectivity index (χ3n) is 4.09. The summed E-state index contributed by atoms with van der Waals surface area (Å²) >= 11 is 0. The standard InChI is InChI=1S/C17H24N2O2/c1-12(18)17(21)19-15-11-7-6-10-14(15)16(20)13-8-4-2-3-5-9-13/h6-7,10-13H,2-5,8-9,18H2,1H3,(H,19,21). The Labute approximate surface area is 126 Å². The van der Waals surface area contributed by atoms with E-state index in [1.54, 1.807) is 19.1 Å². The van der Waals surface area contributed by atoms with Crippen LogP contribution in [-0.4, -0.2) is 17.7 Å². The SMILES string of the molecule is CC(N)C(=O)Nc1ccccc1C(=O)C1CCCCCC1. The minimum atomic E-state index is -0.592. The van der Waals surface area contributed by atoms with Gasteiger partial charge in [0, 0.05) is 11.5 Å². The number of benzene rings is 1. The van der Waals surface area contributed by atoms with Crippen LogP contribution in [0.2, 0.25) is 0 Å². The van der Waals surface area contributed by atoms with Gasteiger partial charge in [0.15, 0.2) is 5.78 Å². The Balaban J connectivity index is 2.18. The van der Waals surface area contributed by atoms with Crippen LogP contribution in [0.1, 0.15) is 55.8 Å². The van der Waals surface area contributed by atoms with E-state index in [0.29, 0.717) is 11.3 Å². The molecule has 1 aliphatic carbocycles. The molecule has 1 fully saturated rings. The van der Waals surface area contributed by atoms with Gasteiger partial charge in [0.2, 0.25) is 5.91 Å². The Hall–Kier alpha value is -1.68. The molecule has 21 heavy (non-hydrogen) atoms. The average molecular weight is 288 g/mol. The van der Waals surface area contributed by atoms with E-state index in [1.165, 1.54) is 12.8 Å². The Morgan fingerprint density at radius 1 is 1.14 bits per heavy atom. The summed E-state index contributed by atoms with van der Waals surface area (Å²) in [5.74, 6) is -0.0329. The van der Waals surface area contributed by atoms with E-state index in [0.717, 1.165) is 25.7 Å². The first-order valence-corrected chi connectivity index (χ1v) is 7.79. The molecule has 0 aromatic heterocycles. The molecule has 0 bridgehead atoms. The zero-order valence-corrected chi connectivity index (χ0v) is 12.6. The molecule has 1 aliphatic rings. The quantitative estimate of drug-likeness (QED) is 0.660. The number of amides is 1. The highest BCUT2D eigenvalue weighted by Gasteiger charge is 2.24. The Bertz CT molecular complexity index is 503. The fourth-order valence-electron chi connectivity index (χ4n) is 2.82. The summed E-state index contributed by atoms with van der Waals surface area (Å²) < 4.78 is 0. The molecule has 1 amide bonds. The van der Waals surface area contributed by atoms with Gasteiger partial charge in [0.05, 0.1) is 11.7 Å². The normalized spacial score (nSPS) is 17.8. The molecule has 1 atom stereocenters. The molecule has 0 radical (unpaired) electrons. The zero-order chi connectivity index (χ0) is 15.2. The summed E-state index contributed by atoms with van der Waals surface area (Å²) in [6, 6.07) is 6.63. The molecule has 0 heterocycles. The lowest BCUT2D eigenvalue weighted by molar-refractivity contribution is -0.117. The van der Waals surface area contributed by atoms with Crippen molar-refractivity contribution in [3.63, 3.8) is 0 Å². The van der Waals surface area contributed by atoms with Gasteiger partial charge in [-0.3, -0.25) is 9.59 Å². The number of rotatable bonds is 4. The molecule has 1 saturated carbocycles. The van der Waals surface area contributed by atoms with E-state index in [1.807, 2.05) is 12.1 Å². The molecule has 0 spiro atoms. The van der Waals surface area contributed by atoms with E-state index < -0.39 is 6.04 Å². The molecule has 1 aromatic rings. The molecule has 1 unspecified atom stereocenters. The van der Waals surface area contributed by atoms with Crippen molar-refractivity contribution in [1.29, 1.82) is 0 Å². The number of nitrogens with two attached hydrogens (primary N) is 1. The minimum Gasteiger partial charge on any atom is -0.324 e. The highest BCUT2D eigenvalue weighted by Crippen LogP contribution is 2.28. The van der Waals surface area contributed by atoms with Crippen molar-refractivity contribution in [2.24, 2.45) is 11.7 Å². The van der Waals surface area contributed by atoms with Gasteiger partial charge in [-0.1, -0.05) is 37.8 Å². The number of para-hydroxylation sites is 1. The van der Waals surface area contributed by atoms with E-state index in [-0.39, 0.29) is 17.6 Å². The Morgan fingerprint density at radius 2 is 1.76 bits per heavy atom. The fourth-order valence-corrected chi connectivity index (χ4v) is 2.82. The lowest BCUT2D eigenvalue weighted by Gasteiger charge is -2.16. The predicted octanol–water partition coefficient (Wildman–Crippen LogP) is 3.13. The first kappa shape index (κ1) is 15.7. The van der Waals surface area contributed by atoms with Gasteiger partial charge in [-0.15, -0.1) is 0 Å². The number of Topliss-reactive ketones (excluding diaryl/α,β-unsaturated/α-hetero) is 1. The maximum absolute atomic E-state index is 12.7. The fraction of sp³-hybridized carbons (Fsp3) is 0.529. The first-order valence-electron chi connectivity index (χ1n) is 7.79. The van der Waals surface area contributed by atoms with Crippen LogP contribution in [0.4, 0.5) is 5.69 Å². The first-order chi connectivity index (χ1) is 10.1. The van der Waals surface area contributed by atoms with Crippen molar-refractivity contribution >= 4 is 17.4 Å². The van der Waals surface area contributed by atoms with Crippen LogP contribution in [0, 0.1) is 5.92 Å². The Kier molecular flexibility index (Phi) is 5.51. The summed E-state index contributed by atoms with van der Waals surface area (Å²) in [5.41, 5.74) is 6.76. The molecule has 4 heteroatoms. The maximum Gasteiger partial charge on any atom is 0.241 e. The molecule has 0 saturated heterocycles. The van der Waals surface area contributed by atoms with Crippen LogP contribution < -0.4 is 11.1 Å². The van der Waals surface area contributed by atoms with Crippen LogP contribution in [0.25, 0.3) is 0 Å². The summed E-state index contributed by atoms with van der Waals surface area (Å²) in [7, 11) is 0. The Morgan fingerprint density at radius 3 is 2.38 bits per heavy atom. The molecule has 0 aliphatic heterocycles. The van der Waals surface area contributed by atoms with Crippen molar-refractivity contribution < 1.29 is 9.59 Å². The van der Waals surface area contributed by atoms with E-state index in [9.17, 15) is 9.59 Å². The summed E-state index contributed by atoms with van der Waals surface area (Å²) in [6.07, 6.45) is 6.57. The van der Waals surface area contributed by atoms with Gasteiger partial charge >= 0.3 is 0 Å². The maximum atomic E-state index is 12.7.